The number of H-pyrrole nitrogens is 1. The number of imidazole rings is 1. The average Bonchev–Trinajstić information content (AvgIpc) is 2.55. The van der Waals surface area contributed by atoms with Gasteiger partial charge in [0, 0.05) is 17.2 Å². The van der Waals surface area contributed by atoms with Crippen molar-refractivity contribution in [2.45, 2.75) is 32.7 Å². The van der Waals surface area contributed by atoms with Crippen molar-refractivity contribution in [3.8, 4) is 0 Å². The van der Waals surface area contributed by atoms with E-state index in [9.17, 15) is 0 Å². The lowest BCUT2D eigenvalue weighted by Gasteiger charge is -2.02. The Morgan fingerprint density at radius 3 is 3.06 bits per heavy atom. The number of aryl methyl sites for hydroxylation is 1. The van der Waals surface area contributed by atoms with E-state index in [-0.39, 0.29) is 0 Å². The van der Waals surface area contributed by atoms with Gasteiger partial charge in [0.25, 0.3) is 0 Å². The van der Waals surface area contributed by atoms with Gasteiger partial charge in [-0.25, -0.2) is 4.98 Å². The van der Waals surface area contributed by atoms with Crippen LogP contribution in [0.2, 0.25) is 0 Å². The van der Waals surface area contributed by atoms with Crippen LogP contribution in [0.3, 0.4) is 0 Å². The van der Waals surface area contributed by atoms with Gasteiger partial charge in [0.15, 0.2) is 10.4 Å². The van der Waals surface area contributed by atoms with Gasteiger partial charge in [-0.2, -0.15) is 0 Å². The number of halogens is 1. The van der Waals surface area contributed by atoms with E-state index in [1.165, 1.54) is 12.8 Å². The van der Waals surface area contributed by atoms with Crippen molar-refractivity contribution in [3.63, 3.8) is 0 Å². The molecule has 2 aromatic rings. The van der Waals surface area contributed by atoms with Crippen molar-refractivity contribution in [3.05, 3.63) is 21.5 Å². The number of pyridine rings is 1. The summed E-state index contributed by atoms with van der Waals surface area (Å²) in [5.41, 5.74) is 1.94. The maximum absolute atomic E-state index is 5.30. The maximum Gasteiger partial charge on any atom is 0.179 e. The molecule has 0 fully saturated rings. The lowest BCUT2D eigenvalue weighted by Crippen LogP contribution is -1.98. The lowest BCUT2D eigenvalue weighted by molar-refractivity contribution is 0.605. The normalized spacial score (nSPS) is 11.1. The molecular weight excluding hydrogens is 286 g/mol. The molecule has 0 aliphatic carbocycles. The Kier molecular flexibility index (Phi) is 3.76. The topological polar surface area (TPSA) is 33.6 Å². The number of nitrogens with one attached hydrogen (secondary N) is 1. The Labute approximate surface area is 108 Å². The van der Waals surface area contributed by atoms with Gasteiger partial charge in [0.2, 0.25) is 0 Å². The standard InChI is InChI=1S/C11H14BrN3S/c1-2-3-4-5-15-10-9(14-11(15)16)6-8(12)7-13-10/h6-7H,2-5H2,1H3,(H,14,16). The molecule has 0 unspecified atom stereocenters. The smallest absolute Gasteiger partial charge is 0.179 e. The second-order valence-electron chi connectivity index (χ2n) is 3.81. The van der Waals surface area contributed by atoms with Gasteiger partial charge in [-0.1, -0.05) is 19.8 Å². The molecule has 0 aliphatic rings. The number of nitrogens with zero attached hydrogens (tertiary/aromatic N) is 2. The molecule has 0 aliphatic heterocycles. The summed E-state index contributed by atoms with van der Waals surface area (Å²) < 4.78 is 3.81. The molecule has 0 saturated heterocycles. The molecule has 2 heterocycles. The third-order valence-electron chi connectivity index (χ3n) is 2.56. The van der Waals surface area contributed by atoms with Gasteiger partial charge in [0.1, 0.15) is 0 Å². The summed E-state index contributed by atoms with van der Waals surface area (Å²) in [6.07, 6.45) is 5.40. The van der Waals surface area contributed by atoms with Crippen LogP contribution in [-0.2, 0) is 6.54 Å². The number of aromatic amines is 1. The SMILES string of the molecule is CCCCCn1c(=S)[nH]c2cc(Br)cnc21. The van der Waals surface area contributed by atoms with Crippen LogP contribution < -0.4 is 0 Å². The lowest BCUT2D eigenvalue weighted by atomic mass is 10.2. The highest BCUT2D eigenvalue weighted by atomic mass is 79.9. The van der Waals surface area contributed by atoms with Crippen LogP contribution in [0.15, 0.2) is 16.7 Å². The number of rotatable bonds is 4. The van der Waals surface area contributed by atoms with Crippen LogP contribution in [0, 0.1) is 4.77 Å². The number of hydrogen-bond acceptors (Lipinski definition) is 2. The van der Waals surface area contributed by atoms with Gasteiger partial charge in [-0.15, -0.1) is 0 Å². The van der Waals surface area contributed by atoms with Gasteiger partial charge in [-0.3, -0.25) is 0 Å². The summed E-state index contributed by atoms with van der Waals surface area (Å²) in [6.45, 7) is 3.14. The Bertz CT molecular complexity index is 544. The van der Waals surface area contributed by atoms with Gasteiger partial charge in [-0.05, 0) is 40.6 Å². The molecule has 2 aromatic heterocycles. The summed E-state index contributed by atoms with van der Waals surface area (Å²) in [7, 11) is 0. The minimum Gasteiger partial charge on any atom is -0.329 e. The number of aromatic nitrogens is 3. The minimum atomic E-state index is 0.761. The van der Waals surface area contributed by atoms with Crippen LogP contribution in [0.4, 0.5) is 0 Å². The molecule has 0 saturated carbocycles. The average molecular weight is 300 g/mol. The second kappa shape index (κ2) is 5.10. The molecule has 0 amide bonds. The van der Waals surface area contributed by atoms with E-state index in [0.717, 1.165) is 33.4 Å². The van der Waals surface area contributed by atoms with Crippen molar-refractivity contribution in [2.24, 2.45) is 0 Å². The molecule has 0 atom stereocenters. The highest BCUT2D eigenvalue weighted by Gasteiger charge is 2.05. The molecule has 5 heteroatoms. The van der Waals surface area contributed by atoms with Crippen LogP contribution in [0.1, 0.15) is 26.2 Å². The molecule has 1 N–H and O–H groups in total. The fourth-order valence-corrected chi connectivity index (χ4v) is 2.36. The van der Waals surface area contributed by atoms with Crippen molar-refractivity contribution < 1.29 is 0 Å². The Hall–Kier alpha value is -0.680. The first-order valence-corrected chi connectivity index (χ1v) is 6.66. The van der Waals surface area contributed by atoms with Crippen molar-refractivity contribution in [2.75, 3.05) is 0 Å². The summed E-state index contributed by atoms with van der Waals surface area (Å²) >= 11 is 8.70. The first kappa shape index (κ1) is 11.8. The molecule has 0 radical (unpaired) electrons. The summed E-state index contributed by atoms with van der Waals surface area (Å²) in [5.74, 6) is 0. The molecule has 0 bridgehead atoms. The summed E-state index contributed by atoms with van der Waals surface area (Å²) in [6, 6.07) is 2.01. The van der Waals surface area contributed by atoms with Crippen molar-refractivity contribution >= 4 is 39.3 Å². The zero-order valence-corrected chi connectivity index (χ0v) is 11.6. The van der Waals surface area contributed by atoms with Crippen molar-refractivity contribution in [1.82, 2.24) is 14.5 Å². The van der Waals surface area contributed by atoms with E-state index < -0.39 is 0 Å². The first-order chi connectivity index (χ1) is 7.72. The van der Waals surface area contributed by atoms with Gasteiger partial charge < -0.3 is 9.55 Å². The highest BCUT2D eigenvalue weighted by molar-refractivity contribution is 9.10. The van der Waals surface area contributed by atoms with E-state index >= 15 is 0 Å². The van der Waals surface area contributed by atoms with E-state index in [4.69, 9.17) is 12.2 Å². The van der Waals surface area contributed by atoms with Gasteiger partial charge in [0.05, 0.1) is 5.52 Å². The highest BCUT2D eigenvalue weighted by Crippen LogP contribution is 2.17. The Morgan fingerprint density at radius 1 is 1.50 bits per heavy atom. The van der Waals surface area contributed by atoms with Crippen LogP contribution in [-0.4, -0.2) is 14.5 Å². The van der Waals surface area contributed by atoms with E-state index in [1.807, 2.05) is 6.07 Å². The molecule has 16 heavy (non-hydrogen) atoms. The molecular formula is C11H14BrN3S. The van der Waals surface area contributed by atoms with E-state index in [2.05, 4.69) is 37.4 Å². The first-order valence-electron chi connectivity index (χ1n) is 5.46. The van der Waals surface area contributed by atoms with Crippen LogP contribution in [0.25, 0.3) is 11.2 Å². The summed E-state index contributed by atoms with van der Waals surface area (Å²) in [5, 5.41) is 0. The monoisotopic (exact) mass is 299 g/mol. The predicted molar refractivity (Wildman–Crippen MR) is 72.1 cm³/mol. The molecule has 3 nitrogen and oxygen atoms in total. The third-order valence-corrected chi connectivity index (χ3v) is 3.32. The maximum atomic E-state index is 5.30. The zero-order chi connectivity index (χ0) is 11.5. The fourth-order valence-electron chi connectivity index (χ4n) is 1.75. The minimum absolute atomic E-state index is 0.761. The molecule has 86 valence electrons. The van der Waals surface area contributed by atoms with Crippen LogP contribution in [0.5, 0.6) is 0 Å². The zero-order valence-electron chi connectivity index (χ0n) is 9.16. The third kappa shape index (κ3) is 2.35. The quantitative estimate of drug-likeness (QED) is 0.683. The largest absolute Gasteiger partial charge is 0.329 e. The van der Waals surface area contributed by atoms with Crippen LogP contribution >= 0.6 is 28.1 Å². The molecule has 0 spiro atoms. The van der Waals surface area contributed by atoms with E-state index in [1.54, 1.807) is 6.20 Å². The van der Waals surface area contributed by atoms with E-state index in [0.29, 0.717) is 0 Å². The number of hydrogen-bond donors (Lipinski definition) is 1. The molecule has 2 rings (SSSR count). The number of fused-ring (bicyclic) bond motifs is 1. The Balaban J connectivity index is 2.36. The molecule has 0 aromatic carbocycles. The van der Waals surface area contributed by atoms with Crippen molar-refractivity contribution in [1.29, 1.82) is 0 Å². The Morgan fingerprint density at radius 2 is 2.31 bits per heavy atom. The second-order valence-corrected chi connectivity index (χ2v) is 5.12. The predicted octanol–water partition coefficient (Wildman–Crippen LogP) is 4.05. The fraction of sp³-hybridized carbons (Fsp3) is 0.455. The summed E-state index contributed by atoms with van der Waals surface area (Å²) in [4.78, 5) is 7.58. The number of unbranched alkanes of at least 4 members (excludes halogenated alkanes) is 2. The van der Waals surface area contributed by atoms with Gasteiger partial charge >= 0.3 is 0 Å².